The van der Waals surface area contributed by atoms with Gasteiger partial charge in [0.05, 0.1) is 51.0 Å². The number of hydrogen-bond donors (Lipinski definition) is 0. The van der Waals surface area contributed by atoms with E-state index >= 15 is 0 Å². The van der Waals surface area contributed by atoms with E-state index in [1.165, 1.54) is 11.1 Å². The summed E-state index contributed by atoms with van der Waals surface area (Å²) in [6, 6.07) is 24.7. The first-order chi connectivity index (χ1) is 20.5. The fourth-order valence-corrected chi connectivity index (χ4v) is 5.26. The van der Waals surface area contributed by atoms with Gasteiger partial charge in [-0.05, 0) is 48.9 Å². The summed E-state index contributed by atoms with van der Waals surface area (Å²) in [4.78, 5) is 16.7. The summed E-state index contributed by atoms with van der Waals surface area (Å²) < 4.78 is 21.9. The van der Waals surface area contributed by atoms with Crippen LogP contribution in [0.2, 0.25) is 10.3 Å². The molecule has 2 aromatic heterocycles. The average molecular weight is 610 g/mol. The zero-order valence-corrected chi connectivity index (χ0v) is 25.2. The highest BCUT2D eigenvalue weighted by Crippen LogP contribution is 2.40. The summed E-state index contributed by atoms with van der Waals surface area (Å²) >= 11 is 11.9. The van der Waals surface area contributed by atoms with E-state index < -0.39 is 0 Å². The fraction of sp³-hybridized carbons (Fsp3) is 0.375. The fourth-order valence-electron chi connectivity index (χ4n) is 4.89. The molecule has 0 saturated heterocycles. The molecular formula is C32H34Cl2N4O4. The van der Waals surface area contributed by atoms with Crippen molar-refractivity contribution in [2.75, 3.05) is 14.2 Å². The number of nitrogens with zero attached hydrogens (tertiary/aromatic N) is 4. The number of rotatable bonds is 10. The van der Waals surface area contributed by atoms with E-state index in [2.05, 4.69) is 44.2 Å². The molecule has 42 heavy (non-hydrogen) atoms. The Hall–Kier alpha value is -3.30. The molecule has 2 aliphatic rings. The Labute approximate surface area is 256 Å². The number of hydrogen-bond acceptors (Lipinski definition) is 8. The van der Waals surface area contributed by atoms with Crippen molar-refractivity contribution in [1.82, 2.24) is 19.9 Å². The molecule has 2 fully saturated rings. The zero-order chi connectivity index (χ0) is 29.3. The van der Waals surface area contributed by atoms with Crippen LogP contribution >= 0.6 is 23.2 Å². The van der Waals surface area contributed by atoms with Gasteiger partial charge in [-0.3, -0.25) is 0 Å². The Morgan fingerprint density at radius 1 is 0.595 bits per heavy atom. The van der Waals surface area contributed by atoms with Gasteiger partial charge in [0.2, 0.25) is 0 Å². The third-order valence-electron chi connectivity index (χ3n) is 7.44. The van der Waals surface area contributed by atoms with Crippen molar-refractivity contribution < 1.29 is 18.9 Å². The lowest BCUT2D eigenvalue weighted by Gasteiger charge is -2.34. The monoisotopic (exact) mass is 608 g/mol. The van der Waals surface area contributed by atoms with E-state index in [1.807, 2.05) is 48.5 Å². The summed E-state index contributed by atoms with van der Waals surface area (Å²) in [6.45, 7) is 1.32. The first kappa shape index (κ1) is 30.2. The summed E-state index contributed by atoms with van der Waals surface area (Å²) in [7, 11) is 3.09. The quantitative estimate of drug-likeness (QED) is 0.175. The molecule has 8 nitrogen and oxygen atoms in total. The van der Waals surface area contributed by atoms with Gasteiger partial charge in [-0.15, -0.1) is 0 Å². The zero-order valence-electron chi connectivity index (χ0n) is 23.7. The summed E-state index contributed by atoms with van der Waals surface area (Å²) in [5.74, 6) is 0.750. The molecule has 2 saturated carbocycles. The highest BCUT2D eigenvalue weighted by molar-refractivity contribution is 6.29. The van der Waals surface area contributed by atoms with E-state index in [9.17, 15) is 0 Å². The maximum atomic E-state index is 5.97. The smallest absolute Gasteiger partial charge is 0.317 e. The standard InChI is InChI=1S/2C16H17ClN2O2/c2*1-20-16-18-14(9-15(17)19-16)12-7-13(8-12)21-10-11-5-3-2-4-6-11/h2*2-6,9,12-13H,7-8,10H2,1H3. The first-order valence-electron chi connectivity index (χ1n) is 14.0. The minimum atomic E-state index is 0.287. The second-order valence-electron chi connectivity index (χ2n) is 10.4. The van der Waals surface area contributed by atoms with Crippen molar-refractivity contribution in [3.05, 3.63) is 106 Å². The SMILES string of the molecule is COc1nc(Cl)cc(C2CC(OCc3ccccc3)C2)n1.COc1nc(Cl)cc(C2CC(OCc3ccccc3)C2)n1. The molecular weight excluding hydrogens is 575 g/mol. The van der Waals surface area contributed by atoms with Crippen molar-refractivity contribution in [2.45, 2.75) is 62.9 Å². The molecule has 0 amide bonds. The van der Waals surface area contributed by atoms with Crippen LogP contribution in [0.15, 0.2) is 72.8 Å². The lowest BCUT2D eigenvalue weighted by molar-refractivity contribution is -0.0216. The van der Waals surface area contributed by atoms with Gasteiger partial charge in [-0.1, -0.05) is 83.9 Å². The van der Waals surface area contributed by atoms with Gasteiger partial charge in [0.25, 0.3) is 0 Å². The average Bonchev–Trinajstić information content (AvgIpc) is 2.96. The van der Waals surface area contributed by atoms with Gasteiger partial charge < -0.3 is 18.9 Å². The third kappa shape index (κ3) is 8.38. The molecule has 2 aromatic carbocycles. The predicted octanol–water partition coefficient (Wildman–Crippen LogP) is 7.20. The molecule has 10 heteroatoms. The van der Waals surface area contributed by atoms with Crippen LogP contribution in [0.25, 0.3) is 0 Å². The Balaban J connectivity index is 0.000000168. The summed E-state index contributed by atoms with van der Waals surface area (Å²) in [6.07, 6.45) is 4.42. The van der Waals surface area contributed by atoms with Crippen LogP contribution in [0.3, 0.4) is 0 Å². The molecule has 0 spiro atoms. The minimum absolute atomic E-state index is 0.287. The number of aromatic nitrogens is 4. The Kier molecular flexibility index (Phi) is 10.6. The van der Waals surface area contributed by atoms with Crippen LogP contribution in [0, 0.1) is 0 Å². The summed E-state index contributed by atoms with van der Waals surface area (Å²) in [5, 5.41) is 0.844. The van der Waals surface area contributed by atoms with E-state index in [4.69, 9.17) is 42.1 Å². The van der Waals surface area contributed by atoms with Crippen molar-refractivity contribution >= 4 is 23.2 Å². The molecule has 0 atom stereocenters. The largest absolute Gasteiger partial charge is 0.467 e. The Bertz CT molecular complexity index is 1310. The van der Waals surface area contributed by atoms with Crippen LogP contribution < -0.4 is 9.47 Å². The molecule has 0 radical (unpaired) electrons. The Morgan fingerprint density at radius 3 is 1.33 bits per heavy atom. The molecule has 0 bridgehead atoms. The van der Waals surface area contributed by atoms with Gasteiger partial charge in [0.15, 0.2) is 0 Å². The van der Waals surface area contributed by atoms with Gasteiger partial charge in [0.1, 0.15) is 10.3 Å². The molecule has 4 aromatic rings. The molecule has 2 aliphatic carbocycles. The molecule has 0 unspecified atom stereocenters. The lowest BCUT2D eigenvalue weighted by atomic mass is 9.80. The highest BCUT2D eigenvalue weighted by Gasteiger charge is 2.33. The highest BCUT2D eigenvalue weighted by atomic mass is 35.5. The second kappa shape index (κ2) is 14.7. The van der Waals surface area contributed by atoms with Crippen LogP contribution in [0.5, 0.6) is 12.0 Å². The molecule has 0 aliphatic heterocycles. The van der Waals surface area contributed by atoms with Crippen molar-refractivity contribution in [2.24, 2.45) is 0 Å². The number of benzene rings is 2. The molecule has 6 rings (SSSR count). The second-order valence-corrected chi connectivity index (χ2v) is 11.2. The van der Waals surface area contributed by atoms with Crippen LogP contribution in [0.1, 0.15) is 60.0 Å². The number of halogens is 2. The Morgan fingerprint density at radius 2 is 0.976 bits per heavy atom. The van der Waals surface area contributed by atoms with E-state index in [0.717, 1.165) is 37.1 Å². The van der Waals surface area contributed by atoms with E-state index in [-0.39, 0.29) is 12.2 Å². The molecule has 2 heterocycles. The molecule has 220 valence electrons. The van der Waals surface area contributed by atoms with Crippen LogP contribution in [-0.4, -0.2) is 46.4 Å². The van der Waals surface area contributed by atoms with Gasteiger partial charge in [-0.2, -0.15) is 19.9 Å². The van der Waals surface area contributed by atoms with Crippen LogP contribution in [-0.2, 0) is 22.7 Å². The molecule has 0 N–H and O–H groups in total. The number of methoxy groups -OCH3 is 2. The third-order valence-corrected chi connectivity index (χ3v) is 7.82. The van der Waals surface area contributed by atoms with Gasteiger partial charge >= 0.3 is 12.0 Å². The van der Waals surface area contributed by atoms with E-state index in [1.54, 1.807) is 14.2 Å². The predicted molar refractivity (Wildman–Crippen MR) is 161 cm³/mol. The van der Waals surface area contributed by atoms with E-state index in [0.29, 0.717) is 47.4 Å². The van der Waals surface area contributed by atoms with Crippen molar-refractivity contribution in [3.8, 4) is 12.0 Å². The number of ether oxygens (including phenoxy) is 4. The normalized spacial score (nSPS) is 20.9. The lowest BCUT2D eigenvalue weighted by Crippen LogP contribution is -2.30. The first-order valence-corrected chi connectivity index (χ1v) is 14.7. The van der Waals surface area contributed by atoms with Gasteiger partial charge in [-0.25, -0.2) is 0 Å². The van der Waals surface area contributed by atoms with Crippen molar-refractivity contribution in [3.63, 3.8) is 0 Å². The van der Waals surface area contributed by atoms with Crippen LogP contribution in [0.4, 0.5) is 0 Å². The topological polar surface area (TPSA) is 88.5 Å². The summed E-state index contributed by atoms with van der Waals surface area (Å²) in [5.41, 5.74) is 4.28. The van der Waals surface area contributed by atoms with Gasteiger partial charge in [0, 0.05) is 11.8 Å². The van der Waals surface area contributed by atoms with Crippen molar-refractivity contribution in [1.29, 1.82) is 0 Å². The maximum absolute atomic E-state index is 5.97. The maximum Gasteiger partial charge on any atom is 0.317 e. The minimum Gasteiger partial charge on any atom is -0.467 e.